The Hall–Kier alpha value is -2.50. The van der Waals surface area contributed by atoms with Crippen molar-refractivity contribution < 1.29 is 18.3 Å². The first-order chi connectivity index (χ1) is 10.0. The molecule has 0 saturated carbocycles. The summed E-state index contributed by atoms with van der Waals surface area (Å²) in [5, 5.41) is 0. The predicted octanol–water partition coefficient (Wildman–Crippen LogP) is 3.04. The number of rotatable bonds is 4. The zero-order valence-corrected chi connectivity index (χ0v) is 11.6. The van der Waals surface area contributed by atoms with Crippen LogP contribution in [0.2, 0.25) is 0 Å². The van der Waals surface area contributed by atoms with E-state index in [0.29, 0.717) is 6.61 Å². The van der Waals surface area contributed by atoms with Gasteiger partial charge in [0.1, 0.15) is 17.2 Å². The summed E-state index contributed by atoms with van der Waals surface area (Å²) in [6.45, 7) is 2.11. The highest BCUT2D eigenvalue weighted by molar-refractivity contribution is 6.07. The standard InChI is InChI=1S/C15H14F2N2O2/c1-3-21-14-11(5-4-8-18-14)15(20)19(2)13-9-10(16)6-7-12(13)17/h4-9H,3H2,1-2H3. The second-order valence-electron chi connectivity index (χ2n) is 4.25. The van der Waals surface area contributed by atoms with Crippen LogP contribution in [-0.2, 0) is 0 Å². The molecule has 0 fully saturated rings. The van der Waals surface area contributed by atoms with Crippen LogP contribution in [0.15, 0.2) is 36.5 Å². The van der Waals surface area contributed by atoms with E-state index in [0.717, 1.165) is 23.1 Å². The van der Waals surface area contributed by atoms with Gasteiger partial charge in [0.25, 0.3) is 5.91 Å². The van der Waals surface area contributed by atoms with Crippen LogP contribution in [0.4, 0.5) is 14.5 Å². The summed E-state index contributed by atoms with van der Waals surface area (Å²) < 4.78 is 32.2. The number of hydrogen-bond acceptors (Lipinski definition) is 3. The van der Waals surface area contributed by atoms with Crippen LogP contribution >= 0.6 is 0 Å². The van der Waals surface area contributed by atoms with Gasteiger partial charge in [-0.05, 0) is 31.2 Å². The Bertz CT molecular complexity index is 662. The van der Waals surface area contributed by atoms with E-state index < -0.39 is 17.5 Å². The van der Waals surface area contributed by atoms with E-state index in [9.17, 15) is 13.6 Å². The molecule has 0 radical (unpaired) electrons. The van der Waals surface area contributed by atoms with Crippen LogP contribution in [0.3, 0.4) is 0 Å². The molecule has 21 heavy (non-hydrogen) atoms. The number of aromatic nitrogens is 1. The van der Waals surface area contributed by atoms with Crippen molar-refractivity contribution in [2.75, 3.05) is 18.6 Å². The molecule has 4 nitrogen and oxygen atoms in total. The summed E-state index contributed by atoms with van der Waals surface area (Å²) in [4.78, 5) is 17.4. The molecule has 0 saturated heterocycles. The fraction of sp³-hybridized carbons (Fsp3) is 0.200. The zero-order valence-electron chi connectivity index (χ0n) is 11.6. The molecule has 0 bridgehead atoms. The second kappa shape index (κ2) is 6.30. The molecule has 6 heteroatoms. The van der Waals surface area contributed by atoms with Gasteiger partial charge in [-0.1, -0.05) is 0 Å². The van der Waals surface area contributed by atoms with Gasteiger partial charge >= 0.3 is 0 Å². The lowest BCUT2D eigenvalue weighted by molar-refractivity contribution is 0.0987. The molecule has 0 spiro atoms. The van der Waals surface area contributed by atoms with Crippen molar-refractivity contribution in [3.63, 3.8) is 0 Å². The summed E-state index contributed by atoms with van der Waals surface area (Å²) >= 11 is 0. The van der Waals surface area contributed by atoms with Gasteiger partial charge in [0.05, 0.1) is 12.3 Å². The first kappa shape index (κ1) is 14.9. The SMILES string of the molecule is CCOc1ncccc1C(=O)N(C)c1cc(F)ccc1F. The predicted molar refractivity (Wildman–Crippen MR) is 74.5 cm³/mol. The van der Waals surface area contributed by atoms with Gasteiger partial charge in [-0.3, -0.25) is 4.79 Å². The van der Waals surface area contributed by atoms with Gasteiger partial charge in [0, 0.05) is 19.3 Å². The van der Waals surface area contributed by atoms with Gasteiger partial charge in [0.15, 0.2) is 0 Å². The van der Waals surface area contributed by atoms with Crippen molar-refractivity contribution in [3.05, 3.63) is 53.7 Å². The van der Waals surface area contributed by atoms with Crippen molar-refractivity contribution in [2.24, 2.45) is 0 Å². The van der Waals surface area contributed by atoms with E-state index >= 15 is 0 Å². The molecular weight excluding hydrogens is 278 g/mol. The molecule has 0 atom stereocenters. The maximum atomic E-state index is 13.7. The van der Waals surface area contributed by atoms with Crippen LogP contribution in [0.25, 0.3) is 0 Å². The van der Waals surface area contributed by atoms with Gasteiger partial charge in [-0.2, -0.15) is 0 Å². The minimum absolute atomic E-state index is 0.147. The van der Waals surface area contributed by atoms with E-state index in [1.807, 2.05) is 0 Å². The summed E-state index contributed by atoms with van der Waals surface area (Å²) in [5.74, 6) is -1.68. The molecule has 2 rings (SSSR count). The molecule has 110 valence electrons. The molecule has 0 unspecified atom stereocenters. The minimum Gasteiger partial charge on any atom is -0.477 e. The molecule has 0 N–H and O–H groups in total. The molecular formula is C15H14F2N2O2. The van der Waals surface area contributed by atoms with Gasteiger partial charge in [-0.15, -0.1) is 0 Å². The van der Waals surface area contributed by atoms with Crippen LogP contribution in [0, 0.1) is 11.6 Å². The third kappa shape index (κ3) is 3.16. The van der Waals surface area contributed by atoms with Crippen molar-refractivity contribution in [2.45, 2.75) is 6.92 Å². The minimum atomic E-state index is -0.686. The number of ether oxygens (including phenoxy) is 1. The second-order valence-corrected chi connectivity index (χ2v) is 4.25. The largest absolute Gasteiger partial charge is 0.477 e. The molecule has 1 amide bonds. The Morgan fingerprint density at radius 3 is 2.81 bits per heavy atom. The third-order valence-electron chi connectivity index (χ3n) is 2.86. The Labute approximate surface area is 121 Å². The van der Waals surface area contributed by atoms with E-state index in [1.165, 1.54) is 19.3 Å². The number of pyridine rings is 1. The van der Waals surface area contributed by atoms with Crippen molar-refractivity contribution in [3.8, 4) is 5.88 Å². The molecule has 0 aliphatic heterocycles. The monoisotopic (exact) mass is 292 g/mol. The molecule has 1 aromatic carbocycles. The molecule has 1 heterocycles. The van der Waals surface area contributed by atoms with Crippen LogP contribution in [-0.4, -0.2) is 24.5 Å². The number of benzene rings is 1. The normalized spacial score (nSPS) is 10.3. The Balaban J connectivity index is 2.37. The smallest absolute Gasteiger partial charge is 0.263 e. The first-order valence-electron chi connectivity index (χ1n) is 6.35. The maximum Gasteiger partial charge on any atom is 0.263 e. The van der Waals surface area contributed by atoms with Crippen molar-refractivity contribution in [1.29, 1.82) is 0 Å². The van der Waals surface area contributed by atoms with E-state index in [-0.39, 0.29) is 17.1 Å². The highest BCUT2D eigenvalue weighted by atomic mass is 19.1. The maximum absolute atomic E-state index is 13.7. The fourth-order valence-corrected chi connectivity index (χ4v) is 1.84. The average Bonchev–Trinajstić information content (AvgIpc) is 2.49. The van der Waals surface area contributed by atoms with Crippen LogP contribution < -0.4 is 9.64 Å². The number of hydrogen-bond donors (Lipinski definition) is 0. The Morgan fingerprint density at radius 1 is 1.33 bits per heavy atom. The lowest BCUT2D eigenvalue weighted by atomic mass is 10.2. The van der Waals surface area contributed by atoms with E-state index in [1.54, 1.807) is 13.0 Å². The number of anilines is 1. The number of nitrogens with zero attached hydrogens (tertiary/aromatic N) is 2. The fourth-order valence-electron chi connectivity index (χ4n) is 1.84. The van der Waals surface area contributed by atoms with Crippen molar-refractivity contribution >= 4 is 11.6 Å². The van der Waals surface area contributed by atoms with E-state index in [4.69, 9.17) is 4.74 Å². The molecule has 2 aromatic rings. The topological polar surface area (TPSA) is 42.4 Å². The summed E-state index contributed by atoms with van der Waals surface area (Å²) in [6.07, 6.45) is 1.49. The summed E-state index contributed by atoms with van der Waals surface area (Å²) in [5.41, 5.74) is 0.0387. The first-order valence-corrected chi connectivity index (χ1v) is 6.35. The lowest BCUT2D eigenvalue weighted by Crippen LogP contribution is -2.28. The summed E-state index contributed by atoms with van der Waals surface area (Å²) in [7, 11) is 1.36. The van der Waals surface area contributed by atoms with Crippen LogP contribution in [0.5, 0.6) is 5.88 Å². The average molecular weight is 292 g/mol. The highest BCUT2D eigenvalue weighted by Gasteiger charge is 2.21. The molecule has 0 aliphatic carbocycles. The number of carbonyl (C=O) groups is 1. The van der Waals surface area contributed by atoms with Gasteiger partial charge < -0.3 is 9.64 Å². The molecule has 0 aliphatic rings. The quantitative estimate of drug-likeness (QED) is 0.870. The lowest BCUT2D eigenvalue weighted by Gasteiger charge is -2.19. The van der Waals surface area contributed by atoms with Gasteiger partial charge in [-0.25, -0.2) is 13.8 Å². The number of halogens is 2. The van der Waals surface area contributed by atoms with Gasteiger partial charge in [0.2, 0.25) is 5.88 Å². The summed E-state index contributed by atoms with van der Waals surface area (Å²) in [6, 6.07) is 6.03. The highest BCUT2D eigenvalue weighted by Crippen LogP contribution is 2.23. The Kier molecular flexibility index (Phi) is 4.47. The third-order valence-corrected chi connectivity index (χ3v) is 2.86. The van der Waals surface area contributed by atoms with Crippen LogP contribution in [0.1, 0.15) is 17.3 Å². The van der Waals surface area contributed by atoms with E-state index in [2.05, 4.69) is 4.98 Å². The Morgan fingerprint density at radius 2 is 2.10 bits per heavy atom. The number of carbonyl (C=O) groups excluding carboxylic acids is 1. The number of amides is 1. The zero-order chi connectivity index (χ0) is 15.4. The molecule has 1 aromatic heterocycles. The van der Waals surface area contributed by atoms with Crippen molar-refractivity contribution in [1.82, 2.24) is 4.98 Å².